The van der Waals surface area contributed by atoms with Gasteiger partial charge in [0.2, 0.25) is 0 Å². The summed E-state index contributed by atoms with van der Waals surface area (Å²) in [5.74, 6) is -2.78. The minimum absolute atomic E-state index is 0.141. The van der Waals surface area contributed by atoms with E-state index in [0.717, 1.165) is 12.1 Å². The Labute approximate surface area is 134 Å². The van der Waals surface area contributed by atoms with Crippen molar-refractivity contribution in [1.82, 2.24) is 9.55 Å². The van der Waals surface area contributed by atoms with Gasteiger partial charge in [-0.3, -0.25) is 4.79 Å². The summed E-state index contributed by atoms with van der Waals surface area (Å²) in [6.45, 7) is 2.03. The molecule has 2 heterocycles. The number of hydrogen-bond donors (Lipinski definition) is 1. The number of aromatic nitrogens is 2. The molecule has 1 N–H and O–H groups in total. The molecule has 1 aromatic carbocycles. The highest BCUT2D eigenvalue weighted by molar-refractivity contribution is 6.30. The van der Waals surface area contributed by atoms with E-state index in [1.165, 1.54) is 22.9 Å². The van der Waals surface area contributed by atoms with Crippen LogP contribution in [0.15, 0.2) is 35.3 Å². The van der Waals surface area contributed by atoms with Gasteiger partial charge in [0.05, 0.1) is 16.6 Å². The molecule has 0 aliphatic heterocycles. The van der Waals surface area contributed by atoms with Crippen LogP contribution >= 0.6 is 11.6 Å². The molecular formula is C16H11ClF2N2O2. The van der Waals surface area contributed by atoms with Gasteiger partial charge >= 0.3 is 0 Å². The van der Waals surface area contributed by atoms with Crippen molar-refractivity contribution in [1.29, 1.82) is 0 Å². The number of nitrogens with zero attached hydrogens (tertiary/aromatic N) is 2. The number of phenolic OH excluding ortho intramolecular Hbond substituents is 1. The zero-order chi connectivity index (χ0) is 16.7. The highest BCUT2D eigenvalue weighted by Crippen LogP contribution is 2.33. The Morgan fingerprint density at radius 2 is 1.96 bits per heavy atom. The topological polar surface area (TPSA) is 55.1 Å². The van der Waals surface area contributed by atoms with E-state index in [2.05, 4.69) is 4.98 Å². The lowest BCUT2D eigenvalue weighted by Crippen LogP contribution is -2.21. The second-order valence-corrected chi connectivity index (χ2v) is 5.31. The van der Waals surface area contributed by atoms with Crippen LogP contribution < -0.4 is 5.56 Å². The molecule has 0 aliphatic carbocycles. The maximum absolute atomic E-state index is 14.1. The van der Waals surface area contributed by atoms with Crippen molar-refractivity contribution < 1.29 is 13.9 Å². The quantitative estimate of drug-likeness (QED) is 0.726. The number of halogens is 3. The van der Waals surface area contributed by atoms with Gasteiger partial charge < -0.3 is 9.67 Å². The molecule has 0 bridgehead atoms. The smallest absolute Gasteiger partial charge is 0.259 e. The third-order valence-corrected chi connectivity index (χ3v) is 3.81. The highest BCUT2D eigenvalue weighted by atomic mass is 35.5. The Hall–Kier alpha value is -2.47. The summed E-state index contributed by atoms with van der Waals surface area (Å²) in [6.07, 6.45) is 1.43. The largest absolute Gasteiger partial charge is 0.504 e. The molecule has 3 aromatic rings. The van der Waals surface area contributed by atoms with Crippen LogP contribution in [0, 0.1) is 11.6 Å². The van der Waals surface area contributed by atoms with Crippen molar-refractivity contribution in [3.63, 3.8) is 0 Å². The minimum Gasteiger partial charge on any atom is -0.504 e. The molecule has 23 heavy (non-hydrogen) atoms. The predicted octanol–water partition coefficient (Wildman–Crippen LogP) is 3.72. The van der Waals surface area contributed by atoms with Gasteiger partial charge in [-0.25, -0.2) is 13.8 Å². The van der Waals surface area contributed by atoms with Gasteiger partial charge in [0.1, 0.15) is 11.0 Å². The standard InChI is InChI=1S/C16H11ClF2N2O2/c1-2-21-12-6-13(17)20-7-8(12)5-9(16(21)23)14-10(18)3-4-11(19)15(14)22/h3-7,22H,2H2,1H3. The summed E-state index contributed by atoms with van der Waals surface area (Å²) < 4.78 is 29.0. The summed E-state index contributed by atoms with van der Waals surface area (Å²) in [7, 11) is 0. The van der Waals surface area contributed by atoms with Crippen molar-refractivity contribution in [2.24, 2.45) is 0 Å². The lowest BCUT2D eigenvalue weighted by molar-refractivity contribution is 0.429. The molecule has 3 rings (SSSR count). The number of aromatic hydroxyl groups is 1. The first-order valence-corrected chi connectivity index (χ1v) is 7.18. The highest BCUT2D eigenvalue weighted by Gasteiger charge is 2.20. The molecule has 7 heteroatoms. The Balaban J connectivity index is 2.45. The van der Waals surface area contributed by atoms with E-state index in [9.17, 15) is 18.7 Å². The van der Waals surface area contributed by atoms with Crippen molar-refractivity contribution in [2.45, 2.75) is 13.5 Å². The second-order valence-electron chi connectivity index (χ2n) is 4.93. The van der Waals surface area contributed by atoms with E-state index in [0.29, 0.717) is 17.4 Å². The molecule has 0 atom stereocenters. The summed E-state index contributed by atoms with van der Waals surface area (Å²) in [5, 5.41) is 10.6. The molecule has 4 nitrogen and oxygen atoms in total. The average molecular weight is 337 g/mol. The lowest BCUT2D eigenvalue weighted by atomic mass is 10.0. The first-order valence-electron chi connectivity index (χ1n) is 6.80. The molecule has 2 aromatic heterocycles. The number of aryl methyl sites for hydroxylation is 1. The molecular weight excluding hydrogens is 326 g/mol. The zero-order valence-electron chi connectivity index (χ0n) is 12.0. The summed E-state index contributed by atoms with van der Waals surface area (Å²) >= 11 is 5.85. The maximum atomic E-state index is 14.1. The molecule has 0 radical (unpaired) electrons. The zero-order valence-corrected chi connectivity index (χ0v) is 12.7. The van der Waals surface area contributed by atoms with Crippen LogP contribution in [0.25, 0.3) is 22.0 Å². The minimum atomic E-state index is -1.00. The fourth-order valence-corrected chi connectivity index (χ4v) is 2.69. The Kier molecular flexibility index (Phi) is 3.77. The number of rotatable bonds is 2. The van der Waals surface area contributed by atoms with Gasteiger partial charge in [0.25, 0.3) is 5.56 Å². The second kappa shape index (κ2) is 5.62. The van der Waals surface area contributed by atoms with Crippen molar-refractivity contribution in [2.75, 3.05) is 0 Å². The van der Waals surface area contributed by atoms with Gasteiger partial charge in [-0.05, 0) is 31.2 Å². The van der Waals surface area contributed by atoms with Crippen LogP contribution in [0.2, 0.25) is 5.15 Å². The fraction of sp³-hybridized carbons (Fsp3) is 0.125. The van der Waals surface area contributed by atoms with Crippen LogP contribution in [0.3, 0.4) is 0 Å². The monoisotopic (exact) mass is 336 g/mol. The number of fused-ring (bicyclic) bond motifs is 1. The average Bonchev–Trinajstić information content (AvgIpc) is 2.52. The molecule has 0 fully saturated rings. The number of phenols is 1. The third-order valence-electron chi connectivity index (χ3n) is 3.61. The van der Waals surface area contributed by atoms with Crippen molar-refractivity contribution in [3.8, 4) is 16.9 Å². The van der Waals surface area contributed by atoms with Crippen LogP contribution in [-0.2, 0) is 6.54 Å². The first-order chi connectivity index (χ1) is 10.9. The number of pyridine rings is 2. The van der Waals surface area contributed by atoms with Gasteiger partial charge in [-0.2, -0.15) is 0 Å². The fourth-order valence-electron chi connectivity index (χ4n) is 2.54. The van der Waals surface area contributed by atoms with E-state index in [1.807, 2.05) is 0 Å². The van der Waals surface area contributed by atoms with Crippen LogP contribution in [0.1, 0.15) is 6.92 Å². The summed E-state index contributed by atoms with van der Waals surface area (Å²) in [6, 6.07) is 4.55. The van der Waals surface area contributed by atoms with Gasteiger partial charge in [0.15, 0.2) is 11.6 Å². The third kappa shape index (κ3) is 2.45. The van der Waals surface area contributed by atoms with E-state index < -0.39 is 28.5 Å². The van der Waals surface area contributed by atoms with Gasteiger partial charge in [0, 0.05) is 18.1 Å². The lowest BCUT2D eigenvalue weighted by Gasteiger charge is -2.13. The van der Waals surface area contributed by atoms with Crippen molar-refractivity contribution >= 4 is 22.5 Å². The number of hydrogen-bond acceptors (Lipinski definition) is 3. The van der Waals surface area contributed by atoms with E-state index in [-0.39, 0.29) is 10.7 Å². The summed E-state index contributed by atoms with van der Waals surface area (Å²) in [4.78, 5) is 16.6. The van der Waals surface area contributed by atoms with E-state index >= 15 is 0 Å². The normalized spacial score (nSPS) is 11.1. The first kappa shape index (κ1) is 15.4. The Morgan fingerprint density at radius 3 is 2.65 bits per heavy atom. The Morgan fingerprint density at radius 1 is 1.26 bits per heavy atom. The van der Waals surface area contributed by atoms with E-state index in [4.69, 9.17) is 11.6 Å². The van der Waals surface area contributed by atoms with Gasteiger partial charge in [-0.15, -0.1) is 0 Å². The van der Waals surface area contributed by atoms with Crippen LogP contribution in [0.4, 0.5) is 8.78 Å². The molecule has 0 unspecified atom stereocenters. The predicted molar refractivity (Wildman–Crippen MR) is 83.7 cm³/mol. The molecule has 118 valence electrons. The molecule has 0 spiro atoms. The molecule has 0 aliphatic rings. The van der Waals surface area contributed by atoms with Crippen molar-refractivity contribution in [3.05, 3.63) is 57.6 Å². The summed E-state index contributed by atoms with van der Waals surface area (Å²) in [5.41, 5.74) is -0.633. The van der Waals surface area contributed by atoms with Gasteiger partial charge in [-0.1, -0.05) is 11.6 Å². The van der Waals surface area contributed by atoms with Crippen LogP contribution in [-0.4, -0.2) is 14.7 Å². The molecule has 0 saturated carbocycles. The maximum Gasteiger partial charge on any atom is 0.259 e. The molecule has 0 amide bonds. The SMILES string of the molecule is CCn1c(=O)c(-c2c(F)ccc(F)c2O)cc2cnc(Cl)cc21. The van der Waals surface area contributed by atoms with E-state index in [1.54, 1.807) is 6.92 Å². The number of benzene rings is 1. The van der Waals surface area contributed by atoms with Crippen LogP contribution in [0.5, 0.6) is 5.75 Å². The molecule has 0 saturated heterocycles. The Bertz CT molecular complexity index is 986.